The van der Waals surface area contributed by atoms with E-state index in [0.29, 0.717) is 17.9 Å². The summed E-state index contributed by atoms with van der Waals surface area (Å²) in [5.74, 6) is 0.305. The fourth-order valence-corrected chi connectivity index (χ4v) is 3.42. The summed E-state index contributed by atoms with van der Waals surface area (Å²) < 4.78 is 32.6. The normalized spacial score (nSPS) is 19.9. The second-order valence-corrected chi connectivity index (χ2v) is 6.93. The molecule has 2 atom stereocenters. The number of hydrogen-bond acceptors (Lipinski definition) is 4. The van der Waals surface area contributed by atoms with Crippen molar-refractivity contribution in [3.8, 4) is 5.75 Å². The van der Waals surface area contributed by atoms with E-state index in [-0.39, 0.29) is 16.8 Å². The summed E-state index contributed by atoms with van der Waals surface area (Å²) >= 11 is 0. The van der Waals surface area contributed by atoms with Crippen molar-refractivity contribution in [2.24, 2.45) is 0 Å². The van der Waals surface area contributed by atoms with Gasteiger partial charge in [0.25, 0.3) is 5.91 Å². The zero-order valence-corrected chi connectivity index (χ0v) is 13.4. The van der Waals surface area contributed by atoms with E-state index < -0.39 is 16.1 Å². The number of nitrogens with zero attached hydrogens (tertiary/aromatic N) is 1. The molecule has 0 radical (unpaired) electrons. The molecule has 0 saturated heterocycles. The van der Waals surface area contributed by atoms with E-state index in [1.165, 1.54) is 17.0 Å². The molecule has 1 aromatic rings. The number of likely N-dealkylation sites (N-methyl/N-ethyl adjacent to an activating group) is 1. The first-order valence-electron chi connectivity index (χ1n) is 6.87. The molecule has 21 heavy (non-hydrogen) atoms. The molecular formula is C14H20N2O4S. The number of carbonyl (C=O) groups excluding carboxylic acids is 1. The Bertz CT molecular complexity index is 657. The van der Waals surface area contributed by atoms with Gasteiger partial charge in [0.1, 0.15) is 5.75 Å². The second kappa shape index (κ2) is 5.65. The molecule has 0 saturated carbocycles. The molecule has 0 aromatic heterocycles. The predicted molar refractivity (Wildman–Crippen MR) is 80.0 cm³/mol. The number of rotatable bonds is 4. The molecule has 1 aliphatic heterocycles. The summed E-state index contributed by atoms with van der Waals surface area (Å²) in [5, 5.41) is 0. The molecule has 1 aliphatic rings. The van der Waals surface area contributed by atoms with Crippen molar-refractivity contribution in [2.45, 2.75) is 44.2 Å². The van der Waals surface area contributed by atoms with Crippen molar-refractivity contribution >= 4 is 21.6 Å². The molecule has 116 valence electrons. The van der Waals surface area contributed by atoms with Gasteiger partial charge < -0.3 is 9.64 Å². The summed E-state index contributed by atoms with van der Waals surface area (Å²) in [7, 11) is -1.99. The van der Waals surface area contributed by atoms with Crippen LogP contribution < -0.4 is 14.4 Å². The van der Waals surface area contributed by atoms with E-state index in [0.717, 1.165) is 0 Å². The molecule has 6 nitrogen and oxygen atoms in total. The van der Waals surface area contributed by atoms with Crippen molar-refractivity contribution < 1.29 is 17.9 Å². The summed E-state index contributed by atoms with van der Waals surface area (Å²) in [5.41, 5.74) is 0.463. The Labute approximate surface area is 125 Å². The molecule has 0 fully saturated rings. The monoisotopic (exact) mass is 312 g/mol. The van der Waals surface area contributed by atoms with E-state index in [1.807, 2.05) is 6.92 Å². The van der Waals surface area contributed by atoms with Gasteiger partial charge >= 0.3 is 0 Å². The van der Waals surface area contributed by atoms with Gasteiger partial charge in [0, 0.05) is 13.1 Å². The molecule has 2 unspecified atom stereocenters. The lowest BCUT2D eigenvalue weighted by molar-refractivity contribution is -0.125. The average Bonchev–Trinajstić information content (AvgIpc) is 2.44. The van der Waals surface area contributed by atoms with Gasteiger partial charge in [-0.3, -0.25) is 4.79 Å². The molecule has 2 rings (SSSR count). The fourth-order valence-electron chi connectivity index (χ4n) is 2.07. The maximum absolute atomic E-state index is 12.3. The van der Waals surface area contributed by atoms with Crippen LogP contribution in [0, 0.1) is 0 Å². The zero-order chi connectivity index (χ0) is 15.8. The molecule has 1 N–H and O–H groups in total. The standard InChI is InChI=1S/C14H20N2O4S/c1-5-9(2)15-21(18,19)11-6-7-13-12(8-11)16(4)14(17)10(3)20-13/h6-10,15H,5H2,1-4H3. The van der Waals surface area contributed by atoms with E-state index in [2.05, 4.69) is 4.72 Å². The third kappa shape index (κ3) is 3.03. The van der Waals surface area contributed by atoms with E-state index in [4.69, 9.17) is 4.74 Å². The minimum Gasteiger partial charge on any atom is -0.479 e. The second-order valence-electron chi connectivity index (χ2n) is 5.22. The highest BCUT2D eigenvalue weighted by Gasteiger charge is 2.30. The quantitative estimate of drug-likeness (QED) is 0.914. The van der Waals surface area contributed by atoms with Crippen LogP contribution in [0.25, 0.3) is 0 Å². The third-order valence-corrected chi connectivity index (χ3v) is 5.14. The lowest BCUT2D eigenvalue weighted by Crippen LogP contribution is -2.42. The van der Waals surface area contributed by atoms with Crippen LogP contribution in [0.5, 0.6) is 5.75 Å². The summed E-state index contributed by atoms with van der Waals surface area (Å²) in [6.45, 7) is 5.37. The van der Waals surface area contributed by atoms with Crippen LogP contribution >= 0.6 is 0 Å². The predicted octanol–water partition coefficient (Wildman–Crippen LogP) is 1.51. The number of sulfonamides is 1. The number of amides is 1. The lowest BCUT2D eigenvalue weighted by Gasteiger charge is -2.30. The number of carbonyl (C=O) groups is 1. The maximum Gasteiger partial charge on any atom is 0.267 e. The lowest BCUT2D eigenvalue weighted by atomic mass is 10.2. The smallest absolute Gasteiger partial charge is 0.267 e. The SMILES string of the molecule is CCC(C)NS(=O)(=O)c1ccc2c(c1)N(C)C(=O)C(C)O2. The highest BCUT2D eigenvalue weighted by Crippen LogP contribution is 2.35. The summed E-state index contributed by atoms with van der Waals surface area (Å²) in [6, 6.07) is 4.38. The van der Waals surface area contributed by atoms with Gasteiger partial charge in [-0.25, -0.2) is 13.1 Å². The number of ether oxygens (including phenoxy) is 1. The molecule has 0 spiro atoms. The molecular weight excluding hydrogens is 292 g/mol. The summed E-state index contributed by atoms with van der Waals surface area (Å²) in [4.78, 5) is 13.5. The van der Waals surface area contributed by atoms with Gasteiger partial charge in [-0.15, -0.1) is 0 Å². The largest absolute Gasteiger partial charge is 0.479 e. The van der Waals surface area contributed by atoms with Gasteiger partial charge in [-0.05, 0) is 38.5 Å². The van der Waals surface area contributed by atoms with Gasteiger partial charge in [0.15, 0.2) is 6.10 Å². The van der Waals surface area contributed by atoms with Crippen LogP contribution in [0.3, 0.4) is 0 Å². The number of benzene rings is 1. The first-order chi connectivity index (χ1) is 9.76. The third-order valence-electron chi connectivity index (χ3n) is 3.55. The molecule has 0 bridgehead atoms. The van der Waals surface area contributed by atoms with Crippen molar-refractivity contribution in [2.75, 3.05) is 11.9 Å². The van der Waals surface area contributed by atoms with Crippen molar-refractivity contribution in [3.63, 3.8) is 0 Å². The molecule has 1 heterocycles. The van der Waals surface area contributed by atoms with Gasteiger partial charge in [-0.2, -0.15) is 0 Å². The highest BCUT2D eigenvalue weighted by atomic mass is 32.2. The van der Waals surface area contributed by atoms with Crippen molar-refractivity contribution in [3.05, 3.63) is 18.2 Å². The van der Waals surface area contributed by atoms with Gasteiger partial charge in [0.2, 0.25) is 10.0 Å². The van der Waals surface area contributed by atoms with E-state index in [9.17, 15) is 13.2 Å². The van der Waals surface area contributed by atoms with Crippen LogP contribution in [0.2, 0.25) is 0 Å². The molecule has 1 aromatic carbocycles. The van der Waals surface area contributed by atoms with Gasteiger partial charge in [-0.1, -0.05) is 6.92 Å². The van der Waals surface area contributed by atoms with Crippen molar-refractivity contribution in [1.82, 2.24) is 4.72 Å². The first-order valence-corrected chi connectivity index (χ1v) is 8.35. The fraction of sp³-hybridized carbons (Fsp3) is 0.500. The molecule has 1 amide bonds. The van der Waals surface area contributed by atoms with E-state index >= 15 is 0 Å². The zero-order valence-electron chi connectivity index (χ0n) is 12.6. The Kier molecular flexibility index (Phi) is 4.25. The van der Waals surface area contributed by atoms with Crippen LogP contribution in [0.4, 0.5) is 5.69 Å². The highest BCUT2D eigenvalue weighted by molar-refractivity contribution is 7.89. The molecule has 7 heteroatoms. The minimum absolute atomic E-state index is 0.124. The van der Waals surface area contributed by atoms with Crippen LogP contribution in [-0.4, -0.2) is 33.5 Å². The minimum atomic E-state index is -3.60. The number of fused-ring (bicyclic) bond motifs is 1. The Morgan fingerprint density at radius 1 is 1.43 bits per heavy atom. The van der Waals surface area contributed by atoms with Crippen LogP contribution in [0.15, 0.2) is 23.1 Å². The Balaban J connectivity index is 2.40. The summed E-state index contributed by atoms with van der Waals surface area (Å²) in [6.07, 6.45) is 0.131. The molecule has 0 aliphatic carbocycles. The Hall–Kier alpha value is -1.60. The van der Waals surface area contributed by atoms with Crippen LogP contribution in [-0.2, 0) is 14.8 Å². The Morgan fingerprint density at radius 2 is 2.10 bits per heavy atom. The average molecular weight is 312 g/mol. The topological polar surface area (TPSA) is 75.7 Å². The van der Waals surface area contributed by atoms with Crippen molar-refractivity contribution in [1.29, 1.82) is 0 Å². The first kappa shape index (κ1) is 15.8. The number of anilines is 1. The number of hydrogen-bond donors (Lipinski definition) is 1. The Morgan fingerprint density at radius 3 is 2.71 bits per heavy atom. The van der Waals surface area contributed by atoms with Crippen LogP contribution in [0.1, 0.15) is 27.2 Å². The van der Waals surface area contributed by atoms with E-state index in [1.54, 1.807) is 27.0 Å². The van der Waals surface area contributed by atoms with Gasteiger partial charge in [0.05, 0.1) is 10.6 Å². The maximum atomic E-state index is 12.3. The number of nitrogens with one attached hydrogen (secondary N) is 1.